The Morgan fingerprint density at radius 2 is 2.06 bits per heavy atom. The minimum Gasteiger partial charge on any atom is -0.451 e. The summed E-state index contributed by atoms with van der Waals surface area (Å²) in [5.74, 6) is 0.355. The summed E-state index contributed by atoms with van der Waals surface area (Å²) >= 11 is 5.71. The van der Waals surface area contributed by atoms with E-state index in [1.807, 2.05) is 20.9 Å². The van der Waals surface area contributed by atoms with Crippen LogP contribution in [0.25, 0.3) is 0 Å². The molecule has 0 aliphatic heterocycles. The van der Waals surface area contributed by atoms with E-state index in [1.54, 1.807) is 4.68 Å². The zero-order valence-corrected chi connectivity index (χ0v) is 11.0. The van der Waals surface area contributed by atoms with Crippen molar-refractivity contribution in [3.05, 3.63) is 34.4 Å². The second kappa shape index (κ2) is 4.49. The second-order valence-corrected chi connectivity index (χ2v) is 4.44. The first-order valence-corrected chi connectivity index (χ1v) is 5.70. The molecule has 2 rings (SSSR count). The van der Waals surface area contributed by atoms with Gasteiger partial charge in [0.1, 0.15) is 11.5 Å². The maximum absolute atomic E-state index is 13.2. The number of nitrogens with two attached hydrogens (primary N) is 1. The molecule has 0 saturated heterocycles. The summed E-state index contributed by atoms with van der Waals surface area (Å²) in [5.41, 5.74) is 7.47. The number of aryl methyl sites for hydroxylation is 2. The van der Waals surface area contributed by atoms with Gasteiger partial charge in [0, 0.05) is 19.2 Å². The third kappa shape index (κ3) is 2.13. The lowest BCUT2D eigenvalue weighted by atomic mass is 10.3. The van der Waals surface area contributed by atoms with Gasteiger partial charge >= 0.3 is 0 Å². The van der Waals surface area contributed by atoms with Gasteiger partial charge in [-0.2, -0.15) is 5.10 Å². The normalized spacial score (nSPS) is 10.7. The summed E-state index contributed by atoms with van der Waals surface area (Å²) in [6.45, 7) is 3.69. The van der Waals surface area contributed by atoms with Gasteiger partial charge in [0.15, 0.2) is 11.5 Å². The van der Waals surface area contributed by atoms with Gasteiger partial charge in [0.2, 0.25) is 0 Å². The molecule has 0 atom stereocenters. The number of aromatic nitrogens is 2. The number of rotatable bonds is 2. The number of hydrogen-bond donors (Lipinski definition) is 1. The van der Waals surface area contributed by atoms with Crippen LogP contribution in [-0.4, -0.2) is 9.78 Å². The van der Waals surface area contributed by atoms with E-state index in [4.69, 9.17) is 22.1 Å². The van der Waals surface area contributed by atoms with Crippen LogP contribution in [0.15, 0.2) is 12.1 Å². The number of benzene rings is 1. The van der Waals surface area contributed by atoms with E-state index in [0.29, 0.717) is 11.5 Å². The Labute approximate surface area is 109 Å². The Morgan fingerprint density at radius 3 is 2.61 bits per heavy atom. The molecule has 0 amide bonds. The van der Waals surface area contributed by atoms with Crippen molar-refractivity contribution in [1.82, 2.24) is 9.78 Å². The van der Waals surface area contributed by atoms with Gasteiger partial charge < -0.3 is 10.5 Å². The van der Waals surface area contributed by atoms with Crippen LogP contribution in [-0.2, 0) is 7.05 Å². The molecule has 18 heavy (non-hydrogen) atoms. The quantitative estimate of drug-likeness (QED) is 0.852. The molecule has 4 nitrogen and oxygen atoms in total. The maximum Gasteiger partial charge on any atom is 0.171 e. The molecule has 0 spiro atoms. The zero-order valence-electron chi connectivity index (χ0n) is 10.3. The van der Waals surface area contributed by atoms with E-state index in [9.17, 15) is 4.39 Å². The Bertz CT molecular complexity index is 610. The minimum atomic E-state index is -0.568. The third-order valence-corrected chi connectivity index (χ3v) is 3.00. The molecule has 1 aromatic carbocycles. The first kappa shape index (κ1) is 12.7. The number of hydrogen-bond acceptors (Lipinski definition) is 3. The van der Waals surface area contributed by atoms with E-state index >= 15 is 0 Å². The van der Waals surface area contributed by atoms with E-state index in [1.165, 1.54) is 6.07 Å². The van der Waals surface area contributed by atoms with E-state index < -0.39 is 5.82 Å². The highest BCUT2D eigenvalue weighted by atomic mass is 35.5. The standard InChI is InChI=1S/C12H13ClFN3O/c1-6-12(7(2)17(3)16-6)18-11-4-8(13)9(14)5-10(11)15/h4-5H,15H2,1-3H3. The molecule has 2 aromatic rings. The summed E-state index contributed by atoms with van der Waals surface area (Å²) < 4.78 is 20.5. The fourth-order valence-electron chi connectivity index (χ4n) is 1.64. The summed E-state index contributed by atoms with van der Waals surface area (Å²) in [5, 5.41) is 4.19. The smallest absolute Gasteiger partial charge is 0.171 e. The molecule has 0 bridgehead atoms. The average molecular weight is 270 g/mol. The van der Waals surface area contributed by atoms with Crippen molar-refractivity contribution in [3.63, 3.8) is 0 Å². The molecule has 0 aliphatic rings. The molecule has 1 heterocycles. The van der Waals surface area contributed by atoms with Crippen molar-refractivity contribution in [2.75, 3.05) is 5.73 Å². The van der Waals surface area contributed by atoms with Crippen LogP contribution in [0.4, 0.5) is 10.1 Å². The molecular weight excluding hydrogens is 257 g/mol. The Kier molecular flexibility index (Phi) is 3.17. The van der Waals surface area contributed by atoms with Crippen LogP contribution in [0, 0.1) is 19.7 Å². The van der Waals surface area contributed by atoms with Crippen LogP contribution in [0.5, 0.6) is 11.5 Å². The van der Waals surface area contributed by atoms with Crippen molar-refractivity contribution < 1.29 is 9.13 Å². The van der Waals surface area contributed by atoms with E-state index in [2.05, 4.69) is 5.10 Å². The van der Waals surface area contributed by atoms with Crippen LogP contribution in [0.3, 0.4) is 0 Å². The molecular formula is C12H13ClFN3O. The number of nitrogens with zero attached hydrogens (tertiary/aromatic N) is 2. The van der Waals surface area contributed by atoms with Crippen LogP contribution in [0.1, 0.15) is 11.4 Å². The van der Waals surface area contributed by atoms with E-state index in [-0.39, 0.29) is 10.7 Å². The van der Waals surface area contributed by atoms with E-state index in [0.717, 1.165) is 17.5 Å². The summed E-state index contributed by atoms with van der Waals surface area (Å²) in [6.07, 6.45) is 0. The van der Waals surface area contributed by atoms with Gasteiger partial charge in [-0.05, 0) is 13.8 Å². The first-order valence-electron chi connectivity index (χ1n) is 5.32. The fourth-order valence-corrected chi connectivity index (χ4v) is 1.80. The Balaban J connectivity index is 2.43. The monoisotopic (exact) mass is 269 g/mol. The zero-order chi connectivity index (χ0) is 13.4. The fraction of sp³-hybridized carbons (Fsp3) is 0.250. The molecule has 1 aromatic heterocycles. The van der Waals surface area contributed by atoms with Crippen LogP contribution >= 0.6 is 11.6 Å². The summed E-state index contributed by atoms with van der Waals surface area (Å²) in [7, 11) is 1.82. The molecule has 0 aliphatic carbocycles. The summed E-state index contributed by atoms with van der Waals surface area (Å²) in [6, 6.07) is 2.50. The Morgan fingerprint density at radius 1 is 1.39 bits per heavy atom. The van der Waals surface area contributed by atoms with Gasteiger partial charge in [-0.1, -0.05) is 11.6 Å². The molecule has 0 unspecified atom stereocenters. The van der Waals surface area contributed by atoms with Crippen LogP contribution in [0.2, 0.25) is 5.02 Å². The number of anilines is 1. The van der Waals surface area contributed by atoms with Crippen molar-refractivity contribution in [2.45, 2.75) is 13.8 Å². The van der Waals surface area contributed by atoms with Gasteiger partial charge in [0.25, 0.3) is 0 Å². The SMILES string of the molecule is Cc1nn(C)c(C)c1Oc1cc(Cl)c(F)cc1N. The topological polar surface area (TPSA) is 53.1 Å². The molecule has 0 radical (unpaired) electrons. The first-order chi connectivity index (χ1) is 8.40. The maximum atomic E-state index is 13.2. The molecule has 2 N–H and O–H groups in total. The van der Waals surface area contributed by atoms with Crippen molar-refractivity contribution >= 4 is 17.3 Å². The minimum absolute atomic E-state index is 0.0293. The molecule has 96 valence electrons. The molecule has 0 fully saturated rings. The van der Waals surface area contributed by atoms with Gasteiger partial charge in [0.05, 0.1) is 16.4 Å². The second-order valence-electron chi connectivity index (χ2n) is 4.03. The Hall–Kier alpha value is -1.75. The molecule has 0 saturated carbocycles. The highest BCUT2D eigenvalue weighted by Crippen LogP contribution is 2.34. The van der Waals surface area contributed by atoms with Gasteiger partial charge in [-0.3, -0.25) is 4.68 Å². The third-order valence-electron chi connectivity index (χ3n) is 2.71. The predicted octanol–water partition coefficient (Wildman–Crippen LogP) is 3.20. The lowest BCUT2D eigenvalue weighted by Gasteiger charge is -2.09. The van der Waals surface area contributed by atoms with Crippen LogP contribution < -0.4 is 10.5 Å². The summed E-state index contributed by atoms with van der Waals surface area (Å²) in [4.78, 5) is 0. The lowest BCUT2D eigenvalue weighted by molar-refractivity contribution is 0.475. The number of ether oxygens (including phenoxy) is 1. The number of halogens is 2. The van der Waals surface area contributed by atoms with Gasteiger partial charge in [-0.15, -0.1) is 0 Å². The number of nitrogen functional groups attached to an aromatic ring is 1. The van der Waals surface area contributed by atoms with Gasteiger partial charge in [-0.25, -0.2) is 4.39 Å². The largest absolute Gasteiger partial charge is 0.451 e. The van der Waals surface area contributed by atoms with Crippen molar-refractivity contribution in [3.8, 4) is 11.5 Å². The lowest BCUT2D eigenvalue weighted by Crippen LogP contribution is -1.96. The van der Waals surface area contributed by atoms with Crippen molar-refractivity contribution in [1.29, 1.82) is 0 Å². The highest BCUT2D eigenvalue weighted by Gasteiger charge is 2.14. The van der Waals surface area contributed by atoms with Crippen molar-refractivity contribution in [2.24, 2.45) is 7.05 Å². The predicted molar refractivity (Wildman–Crippen MR) is 68.6 cm³/mol. The highest BCUT2D eigenvalue weighted by molar-refractivity contribution is 6.31. The average Bonchev–Trinajstić information content (AvgIpc) is 2.52. The molecule has 6 heteroatoms.